The largest absolute Gasteiger partial charge is 0.248 e. The third-order valence-corrected chi connectivity index (χ3v) is 5.32. The predicted octanol–water partition coefficient (Wildman–Crippen LogP) is 5.38. The maximum atomic E-state index is 9.82. The van der Waals surface area contributed by atoms with Gasteiger partial charge >= 0.3 is 0 Å². The van der Waals surface area contributed by atoms with Crippen LogP contribution in [0.4, 0.5) is 0 Å². The molecule has 0 saturated carbocycles. The molecular formula is C13H25Cl2NOSi. The minimum Gasteiger partial charge on any atom is -0.211 e. The second kappa shape index (κ2) is 12.2. The fourth-order valence-electron chi connectivity index (χ4n) is 1.91. The summed E-state index contributed by atoms with van der Waals surface area (Å²) in [5, 5.41) is 0. The molecule has 0 fully saturated rings. The van der Waals surface area contributed by atoms with Gasteiger partial charge < -0.3 is 0 Å². The van der Waals surface area contributed by atoms with Crippen LogP contribution in [0.5, 0.6) is 0 Å². The van der Waals surface area contributed by atoms with Gasteiger partial charge in [-0.1, -0.05) is 51.4 Å². The lowest BCUT2D eigenvalue weighted by atomic mass is 10.1. The maximum absolute atomic E-state index is 9.82. The number of isocyanates is 1. The molecule has 0 atom stereocenters. The summed E-state index contributed by atoms with van der Waals surface area (Å²) in [6.45, 7) is 0.786. The van der Waals surface area contributed by atoms with Crippen molar-refractivity contribution in [2.75, 3.05) is 6.54 Å². The average molecular weight is 310 g/mol. The maximum Gasteiger partial charge on any atom is 0.248 e. The molecule has 0 aliphatic rings. The molecule has 0 bridgehead atoms. The van der Waals surface area contributed by atoms with Crippen molar-refractivity contribution < 1.29 is 4.79 Å². The van der Waals surface area contributed by atoms with E-state index in [0.29, 0.717) is 6.54 Å². The van der Waals surface area contributed by atoms with Gasteiger partial charge in [0.1, 0.15) is 0 Å². The quantitative estimate of drug-likeness (QED) is 0.156. The molecule has 0 heterocycles. The van der Waals surface area contributed by atoms with Crippen molar-refractivity contribution in [1.82, 2.24) is 0 Å². The summed E-state index contributed by atoms with van der Waals surface area (Å²) in [4.78, 5) is 13.4. The monoisotopic (exact) mass is 309 g/mol. The van der Waals surface area contributed by atoms with Crippen LogP contribution in [0.15, 0.2) is 4.99 Å². The minimum atomic E-state index is -1.85. The SMILES string of the molecule is C[Si](Cl)(Cl)CCCCCCCCCCCN=C=O. The number of hydrogen-bond donors (Lipinski definition) is 0. The summed E-state index contributed by atoms with van der Waals surface area (Å²) in [5.74, 6) is 0. The van der Waals surface area contributed by atoms with E-state index in [-0.39, 0.29) is 0 Å². The average Bonchev–Trinajstić information content (AvgIpc) is 2.29. The predicted molar refractivity (Wildman–Crippen MR) is 82.7 cm³/mol. The van der Waals surface area contributed by atoms with Crippen LogP contribution in [0.25, 0.3) is 0 Å². The van der Waals surface area contributed by atoms with Crippen LogP contribution in [-0.2, 0) is 4.79 Å². The molecule has 18 heavy (non-hydrogen) atoms. The molecule has 0 radical (unpaired) electrons. The molecule has 0 aliphatic carbocycles. The van der Waals surface area contributed by atoms with Crippen LogP contribution in [0, 0.1) is 0 Å². The van der Waals surface area contributed by atoms with Crippen molar-refractivity contribution in [2.45, 2.75) is 70.4 Å². The lowest BCUT2D eigenvalue weighted by molar-refractivity contribution is 0.555. The van der Waals surface area contributed by atoms with E-state index in [1.54, 1.807) is 6.08 Å². The summed E-state index contributed by atoms with van der Waals surface area (Å²) in [5.41, 5.74) is 0. The number of halogens is 2. The lowest BCUT2D eigenvalue weighted by Crippen LogP contribution is -2.11. The van der Waals surface area contributed by atoms with Crippen LogP contribution >= 0.6 is 22.2 Å². The van der Waals surface area contributed by atoms with Crippen molar-refractivity contribution in [2.24, 2.45) is 4.99 Å². The van der Waals surface area contributed by atoms with Gasteiger partial charge in [-0.2, -0.15) is 0 Å². The molecule has 0 aromatic rings. The Labute approximate surface area is 122 Å². The van der Waals surface area contributed by atoms with Gasteiger partial charge in [0.15, 0.2) is 0 Å². The minimum absolute atomic E-state index is 0.642. The summed E-state index contributed by atoms with van der Waals surface area (Å²) >= 11 is 12.1. The first-order valence-electron chi connectivity index (χ1n) is 6.98. The van der Waals surface area contributed by atoms with Crippen molar-refractivity contribution >= 4 is 34.9 Å². The smallest absolute Gasteiger partial charge is 0.211 e. The zero-order valence-corrected chi connectivity index (χ0v) is 13.9. The van der Waals surface area contributed by atoms with E-state index in [1.807, 2.05) is 6.55 Å². The Morgan fingerprint density at radius 1 is 0.889 bits per heavy atom. The highest BCUT2D eigenvalue weighted by atomic mass is 35.7. The molecule has 2 nitrogen and oxygen atoms in total. The molecule has 0 aromatic carbocycles. The first kappa shape index (κ1) is 18.2. The zero-order valence-electron chi connectivity index (χ0n) is 11.4. The second-order valence-electron chi connectivity index (χ2n) is 4.98. The van der Waals surface area contributed by atoms with Gasteiger partial charge in [-0.3, -0.25) is 0 Å². The molecule has 106 valence electrons. The van der Waals surface area contributed by atoms with E-state index in [2.05, 4.69) is 4.99 Å². The van der Waals surface area contributed by atoms with Crippen molar-refractivity contribution in [3.8, 4) is 0 Å². The molecule has 0 saturated heterocycles. The fourth-order valence-corrected chi connectivity index (χ4v) is 3.58. The molecule has 0 spiro atoms. The summed E-state index contributed by atoms with van der Waals surface area (Å²) in [6, 6.07) is 1.02. The standard InChI is InChI=1S/C13H25Cl2NOSi/c1-18(14,15)12-10-8-6-4-2-3-5-7-9-11-16-13-17/h2-12H2,1H3. The van der Waals surface area contributed by atoms with Crippen LogP contribution in [0.3, 0.4) is 0 Å². The van der Waals surface area contributed by atoms with Crippen molar-refractivity contribution in [1.29, 1.82) is 0 Å². The molecule has 0 unspecified atom stereocenters. The molecular weight excluding hydrogens is 285 g/mol. The normalized spacial score (nSPS) is 11.3. The van der Waals surface area contributed by atoms with Crippen molar-refractivity contribution in [3.05, 3.63) is 0 Å². The molecule has 0 rings (SSSR count). The lowest BCUT2D eigenvalue weighted by Gasteiger charge is -2.09. The Morgan fingerprint density at radius 3 is 1.78 bits per heavy atom. The van der Waals surface area contributed by atoms with Gasteiger partial charge in [0.05, 0.1) is 6.54 Å². The highest BCUT2D eigenvalue weighted by Gasteiger charge is 2.19. The van der Waals surface area contributed by atoms with Crippen LogP contribution in [0.1, 0.15) is 57.8 Å². The summed E-state index contributed by atoms with van der Waals surface area (Å²) in [6.07, 6.45) is 12.7. The summed E-state index contributed by atoms with van der Waals surface area (Å²) < 4.78 is 0. The first-order chi connectivity index (χ1) is 8.56. The van der Waals surface area contributed by atoms with Gasteiger partial charge in [0.2, 0.25) is 12.8 Å². The number of hydrogen-bond acceptors (Lipinski definition) is 2. The van der Waals surface area contributed by atoms with Crippen molar-refractivity contribution in [3.63, 3.8) is 0 Å². The Balaban J connectivity index is 3.05. The topological polar surface area (TPSA) is 29.4 Å². The number of carbonyl (C=O) groups excluding carboxylic acids is 1. The molecule has 0 aromatic heterocycles. The second-order valence-corrected chi connectivity index (χ2v) is 13.2. The number of rotatable bonds is 12. The first-order valence-corrected chi connectivity index (χ1v) is 11.7. The summed E-state index contributed by atoms with van der Waals surface area (Å²) in [7, 11) is 0. The Bertz CT molecular complexity index is 238. The number of unbranched alkanes of at least 4 members (excludes halogenated alkanes) is 8. The van der Waals surface area contributed by atoms with Gasteiger partial charge in [-0.15, -0.1) is 22.2 Å². The zero-order chi connectivity index (χ0) is 13.7. The van der Waals surface area contributed by atoms with Gasteiger partial charge in [0.25, 0.3) is 0 Å². The van der Waals surface area contributed by atoms with E-state index < -0.39 is 6.69 Å². The third-order valence-electron chi connectivity index (χ3n) is 2.95. The van der Waals surface area contributed by atoms with E-state index >= 15 is 0 Å². The Kier molecular flexibility index (Phi) is 12.3. The highest BCUT2D eigenvalue weighted by Crippen LogP contribution is 2.23. The van der Waals surface area contributed by atoms with E-state index in [9.17, 15) is 4.79 Å². The Morgan fingerprint density at radius 2 is 1.33 bits per heavy atom. The van der Waals surface area contributed by atoms with Gasteiger partial charge in [-0.25, -0.2) is 9.79 Å². The molecule has 5 heteroatoms. The fraction of sp³-hybridized carbons (Fsp3) is 0.923. The number of aliphatic imine (C=N–C) groups is 1. The van der Waals surface area contributed by atoms with Crippen LogP contribution < -0.4 is 0 Å². The molecule has 0 aliphatic heterocycles. The molecule has 0 amide bonds. The molecule has 0 N–H and O–H groups in total. The number of nitrogens with zero attached hydrogens (tertiary/aromatic N) is 1. The van der Waals surface area contributed by atoms with Gasteiger partial charge in [0, 0.05) is 0 Å². The van der Waals surface area contributed by atoms with Gasteiger partial charge in [-0.05, 0) is 19.0 Å². The van der Waals surface area contributed by atoms with Crippen LogP contribution in [0.2, 0.25) is 12.6 Å². The van der Waals surface area contributed by atoms with E-state index in [4.69, 9.17) is 22.2 Å². The Hall–Kier alpha value is 0.177. The van der Waals surface area contributed by atoms with Crippen LogP contribution in [-0.4, -0.2) is 19.3 Å². The highest BCUT2D eigenvalue weighted by molar-refractivity contribution is 7.44. The third kappa shape index (κ3) is 16.2. The van der Waals surface area contributed by atoms with E-state index in [1.165, 1.54) is 51.4 Å². The van der Waals surface area contributed by atoms with E-state index in [0.717, 1.165) is 12.5 Å².